The standard InChI is InChI=1S/C29H26N4O5/c1-37-18-9-11-21-15(12-18)13-20(28(35)30-21)23-24-27(33(32-29(24)36)16-6-4-2-3-5-7-16)31-25-19-10-8-17(34)14-22(19)38-26(23)25/h8-14,16,31H,2-7H2,1H3,(H,30,35)(H,32,36). The number of rotatable bonds is 3. The summed E-state index contributed by atoms with van der Waals surface area (Å²) >= 11 is 0. The maximum absolute atomic E-state index is 13.6. The highest BCUT2D eigenvalue weighted by molar-refractivity contribution is 6.14. The second-order valence-corrected chi connectivity index (χ2v) is 10.1. The molecule has 4 aromatic heterocycles. The van der Waals surface area contributed by atoms with Gasteiger partial charge in [-0.25, -0.2) is 0 Å². The largest absolute Gasteiger partial charge is 0.497 e. The van der Waals surface area contributed by atoms with Crippen molar-refractivity contribution in [3.8, 4) is 16.9 Å². The van der Waals surface area contributed by atoms with Crippen molar-refractivity contribution in [2.45, 2.75) is 44.6 Å². The first-order valence-corrected chi connectivity index (χ1v) is 13.0. The third kappa shape index (κ3) is 3.42. The summed E-state index contributed by atoms with van der Waals surface area (Å²) < 4.78 is 13.5. The molecule has 1 fully saturated rings. The van der Waals surface area contributed by atoms with Gasteiger partial charge in [0.05, 0.1) is 29.6 Å². The Kier molecular flexibility index (Phi) is 5.07. The Morgan fingerprint density at radius 1 is 0.921 bits per heavy atom. The van der Waals surface area contributed by atoms with Crippen LogP contribution in [0.1, 0.15) is 44.6 Å². The van der Waals surface area contributed by atoms with Crippen LogP contribution in [0, 0.1) is 0 Å². The molecular weight excluding hydrogens is 484 g/mol. The number of hydrogen-bond acceptors (Lipinski definition) is 5. The highest BCUT2D eigenvalue weighted by atomic mass is 16.5. The van der Waals surface area contributed by atoms with E-state index in [0.717, 1.165) is 31.1 Å². The quantitative estimate of drug-likeness (QED) is 0.278. The number of methoxy groups -OCH3 is 1. The van der Waals surface area contributed by atoms with E-state index in [1.54, 1.807) is 31.4 Å². The normalized spacial score (nSPS) is 15.1. The molecule has 0 bridgehead atoms. The maximum Gasteiger partial charge on any atom is 0.274 e. The molecule has 9 nitrogen and oxygen atoms in total. The summed E-state index contributed by atoms with van der Waals surface area (Å²) in [5.74, 6) is 0.649. The van der Waals surface area contributed by atoms with Crippen LogP contribution in [-0.4, -0.2) is 26.9 Å². The van der Waals surface area contributed by atoms with Gasteiger partial charge in [0, 0.05) is 27.9 Å². The number of H-pyrrole nitrogens is 3. The molecule has 0 saturated heterocycles. The van der Waals surface area contributed by atoms with Gasteiger partial charge in [-0.1, -0.05) is 25.7 Å². The molecule has 38 heavy (non-hydrogen) atoms. The van der Waals surface area contributed by atoms with E-state index >= 15 is 0 Å². The van der Waals surface area contributed by atoms with E-state index in [4.69, 9.17) is 9.15 Å². The van der Waals surface area contributed by atoms with E-state index in [9.17, 15) is 14.4 Å². The first-order valence-electron chi connectivity index (χ1n) is 13.0. The van der Waals surface area contributed by atoms with E-state index in [1.165, 1.54) is 25.0 Å². The third-order valence-electron chi connectivity index (χ3n) is 7.82. The van der Waals surface area contributed by atoms with Gasteiger partial charge in [0.15, 0.2) is 11.0 Å². The van der Waals surface area contributed by atoms with Gasteiger partial charge < -0.3 is 19.1 Å². The first kappa shape index (κ1) is 22.7. The zero-order chi connectivity index (χ0) is 26.0. The Bertz CT molecular complexity index is 2050. The number of aromatic nitrogens is 4. The number of furan rings is 1. The summed E-state index contributed by atoms with van der Waals surface area (Å²) in [6.07, 6.45) is 6.47. The van der Waals surface area contributed by atoms with E-state index < -0.39 is 0 Å². The lowest BCUT2D eigenvalue weighted by Gasteiger charge is -2.17. The second kappa shape index (κ2) is 8.51. The van der Waals surface area contributed by atoms with Gasteiger partial charge >= 0.3 is 0 Å². The molecule has 1 saturated carbocycles. The Labute approximate surface area is 215 Å². The monoisotopic (exact) mass is 510 g/mol. The molecule has 7 rings (SSSR count). The number of aromatic amines is 3. The molecule has 6 aromatic rings. The van der Waals surface area contributed by atoms with Crippen LogP contribution in [0.15, 0.2) is 61.3 Å². The van der Waals surface area contributed by atoms with Crippen LogP contribution in [0.5, 0.6) is 5.75 Å². The van der Waals surface area contributed by atoms with Gasteiger partial charge in [-0.3, -0.25) is 24.2 Å². The van der Waals surface area contributed by atoms with Crippen molar-refractivity contribution in [1.29, 1.82) is 0 Å². The number of hydrogen-bond donors (Lipinski definition) is 3. The van der Waals surface area contributed by atoms with Crippen molar-refractivity contribution < 1.29 is 9.15 Å². The van der Waals surface area contributed by atoms with Crippen molar-refractivity contribution in [3.63, 3.8) is 0 Å². The molecule has 0 aliphatic heterocycles. The van der Waals surface area contributed by atoms with Crippen LogP contribution < -0.4 is 21.3 Å². The predicted molar refractivity (Wildman–Crippen MR) is 147 cm³/mol. The fourth-order valence-electron chi connectivity index (χ4n) is 5.96. The number of benzene rings is 2. The molecule has 1 aliphatic rings. The number of nitrogens with one attached hydrogen (secondary N) is 3. The molecule has 0 atom stereocenters. The maximum atomic E-state index is 13.6. The van der Waals surface area contributed by atoms with E-state index in [-0.39, 0.29) is 22.6 Å². The number of pyridine rings is 2. The van der Waals surface area contributed by atoms with Crippen LogP contribution >= 0.6 is 0 Å². The van der Waals surface area contributed by atoms with Crippen LogP contribution in [-0.2, 0) is 0 Å². The average molecular weight is 511 g/mol. The zero-order valence-corrected chi connectivity index (χ0v) is 20.8. The van der Waals surface area contributed by atoms with Gasteiger partial charge in [-0.15, -0.1) is 0 Å². The SMILES string of the molecule is COc1ccc2[nH]c(=O)c(-c3c4oc5cc(=O)ccc5c4[nH]c4c3c(=O)[nH]n4C3CCCCCC3)cc2c1. The molecule has 1 aliphatic carbocycles. The van der Waals surface area contributed by atoms with Crippen molar-refractivity contribution in [3.05, 3.63) is 73.4 Å². The van der Waals surface area contributed by atoms with Crippen molar-refractivity contribution in [1.82, 2.24) is 19.7 Å². The lowest BCUT2D eigenvalue weighted by atomic mass is 10.0. The van der Waals surface area contributed by atoms with Gasteiger partial charge in [0.2, 0.25) is 0 Å². The lowest BCUT2D eigenvalue weighted by Crippen LogP contribution is -2.13. The summed E-state index contributed by atoms with van der Waals surface area (Å²) in [4.78, 5) is 45.6. The summed E-state index contributed by atoms with van der Waals surface area (Å²) in [6.45, 7) is 0. The van der Waals surface area contributed by atoms with Gasteiger partial charge in [0.25, 0.3) is 11.1 Å². The van der Waals surface area contributed by atoms with Crippen LogP contribution in [0.25, 0.3) is 55.1 Å². The minimum atomic E-state index is -0.344. The van der Waals surface area contributed by atoms with Crippen molar-refractivity contribution >= 4 is 44.0 Å². The molecule has 9 heteroatoms. The summed E-state index contributed by atoms with van der Waals surface area (Å²) in [6, 6.07) is 11.9. The number of ether oxygens (including phenoxy) is 1. The van der Waals surface area contributed by atoms with Crippen LogP contribution in [0.2, 0.25) is 0 Å². The Morgan fingerprint density at radius 2 is 1.74 bits per heavy atom. The molecule has 0 amide bonds. The predicted octanol–water partition coefficient (Wildman–Crippen LogP) is 5.33. The van der Waals surface area contributed by atoms with Crippen molar-refractivity contribution in [2.75, 3.05) is 7.11 Å². The van der Waals surface area contributed by atoms with E-state index in [2.05, 4.69) is 15.1 Å². The van der Waals surface area contributed by atoms with E-state index in [0.29, 0.717) is 55.5 Å². The van der Waals surface area contributed by atoms with Crippen molar-refractivity contribution in [2.24, 2.45) is 0 Å². The second-order valence-electron chi connectivity index (χ2n) is 10.1. The fourth-order valence-corrected chi connectivity index (χ4v) is 5.96. The molecular formula is C29H26N4O5. The Balaban J connectivity index is 1.62. The average Bonchev–Trinajstić information content (AvgIpc) is 3.29. The molecule has 2 aromatic carbocycles. The number of nitrogens with zero attached hydrogens (tertiary/aromatic N) is 1. The third-order valence-corrected chi connectivity index (χ3v) is 7.82. The smallest absolute Gasteiger partial charge is 0.274 e. The summed E-state index contributed by atoms with van der Waals surface area (Å²) in [5, 5.41) is 4.89. The Morgan fingerprint density at radius 3 is 2.53 bits per heavy atom. The first-order chi connectivity index (χ1) is 18.5. The summed E-state index contributed by atoms with van der Waals surface area (Å²) in [7, 11) is 1.59. The Hall–Kier alpha value is -4.53. The molecule has 0 unspecified atom stereocenters. The molecule has 4 heterocycles. The fraction of sp³-hybridized carbons (Fsp3) is 0.276. The summed E-state index contributed by atoms with van der Waals surface area (Å²) in [5.41, 5.74) is 2.54. The minimum Gasteiger partial charge on any atom is -0.497 e. The molecule has 192 valence electrons. The lowest BCUT2D eigenvalue weighted by molar-refractivity contribution is 0.413. The highest BCUT2D eigenvalue weighted by Gasteiger charge is 2.26. The van der Waals surface area contributed by atoms with Crippen LogP contribution in [0.3, 0.4) is 0 Å². The minimum absolute atomic E-state index is 0.134. The molecule has 3 N–H and O–H groups in total. The molecule has 0 radical (unpaired) electrons. The number of fused-ring (bicyclic) bond motifs is 5. The van der Waals surface area contributed by atoms with Gasteiger partial charge in [-0.05, 0) is 49.2 Å². The van der Waals surface area contributed by atoms with E-state index in [1.807, 2.05) is 10.7 Å². The van der Waals surface area contributed by atoms with Gasteiger partial charge in [0.1, 0.15) is 17.0 Å². The molecule has 0 spiro atoms. The van der Waals surface area contributed by atoms with Crippen LogP contribution in [0.4, 0.5) is 0 Å². The van der Waals surface area contributed by atoms with Gasteiger partial charge in [-0.2, -0.15) is 0 Å². The zero-order valence-electron chi connectivity index (χ0n) is 20.8. The highest BCUT2D eigenvalue weighted by Crippen LogP contribution is 2.39. The topological polar surface area (TPSA) is 126 Å².